The summed E-state index contributed by atoms with van der Waals surface area (Å²) in [6.07, 6.45) is -7.56. The molecule has 0 aliphatic carbocycles. The van der Waals surface area contributed by atoms with Crippen LogP contribution in [0.4, 0.5) is 0 Å². The second-order valence-electron chi connectivity index (χ2n) is 8.05. The maximum absolute atomic E-state index is 12.4. The van der Waals surface area contributed by atoms with Crippen LogP contribution in [0.1, 0.15) is 15.9 Å². The second-order valence-corrected chi connectivity index (χ2v) is 8.05. The van der Waals surface area contributed by atoms with E-state index in [-0.39, 0.29) is 18.1 Å². The van der Waals surface area contributed by atoms with Gasteiger partial charge in [-0.25, -0.2) is 4.79 Å². The minimum Gasteiger partial charge on any atom is -0.504 e. The molecule has 0 unspecified atom stereocenters. The molecule has 5 atom stereocenters. The molecule has 0 bridgehead atoms. The van der Waals surface area contributed by atoms with E-state index in [1.165, 1.54) is 6.07 Å². The predicted octanol–water partition coefficient (Wildman–Crippen LogP) is 1.06. The first-order chi connectivity index (χ1) is 15.9. The van der Waals surface area contributed by atoms with Crippen molar-refractivity contribution in [2.24, 2.45) is 0 Å². The lowest BCUT2D eigenvalue weighted by molar-refractivity contribution is -0.277. The van der Waals surface area contributed by atoms with E-state index >= 15 is 0 Å². The van der Waals surface area contributed by atoms with Crippen LogP contribution >= 0.6 is 0 Å². The molecule has 0 amide bonds. The molecule has 0 radical (unpaired) electrons. The lowest BCUT2D eigenvalue weighted by Crippen LogP contribution is -2.60. The Labute approximate surface area is 188 Å². The number of hydrogen-bond acceptors (Lipinski definition) is 9. The summed E-state index contributed by atoms with van der Waals surface area (Å²) < 4.78 is 16.6. The van der Waals surface area contributed by atoms with Gasteiger partial charge in [0.25, 0.3) is 0 Å². The molecule has 0 spiro atoms. The Morgan fingerprint density at radius 1 is 0.939 bits per heavy atom. The Hall–Kier alpha value is -3.21. The SMILES string of the molecule is O=C1OCc2cc(O)c(O[C@H]3O[C@H](CO)[C@@H](O)[C@H](O)[C@H]3O)c3c(-c4ccccc4)ccc1c23. The standard InChI is InChI=1S/C24H22O9/c25-9-16-19(27)20(28)21(29)24(32-16)33-22-15(26)8-12-10-31-23(30)14-7-6-13(18(22)17(12)14)11-4-2-1-3-5-11/h1-8,16,19-21,24-29H,9-10H2/t16-,19-,20+,21-,24-/m1/s1. The first-order valence-corrected chi connectivity index (χ1v) is 10.4. The summed E-state index contributed by atoms with van der Waals surface area (Å²) in [6.45, 7) is -0.657. The van der Waals surface area contributed by atoms with Gasteiger partial charge < -0.3 is 39.7 Å². The number of phenols is 1. The fourth-order valence-corrected chi connectivity index (χ4v) is 4.37. The number of phenolic OH excluding ortho intramolecular Hbond substituents is 1. The number of benzene rings is 3. The lowest BCUT2D eigenvalue weighted by atomic mass is 9.90. The van der Waals surface area contributed by atoms with E-state index in [0.29, 0.717) is 27.5 Å². The topological polar surface area (TPSA) is 146 Å². The number of cyclic esters (lactones) is 1. The number of rotatable bonds is 4. The Morgan fingerprint density at radius 3 is 2.39 bits per heavy atom. The monoisotopic (exact) mass is 454 g/mol. The van der Waals surface area contributed by atoms with Gasteiger partial charge in [-0.05, 0) is 23.3 Å². The normalized spacial score (nSPS) is 26.8. The number of aromatic hydroxyl groups is 1. The minimum absolute atomic E-state index is 0.0333. The van der Waals surface area contributed by atoms with Crippen LogP contribution in [0.3, 0.4) is 0 Å². The molecular formula is C24H22O9. The molecule has 172 valence electrons. The van der Waals surface area contributed by atoms with E-state index in [4.69, 9.17) is 14.2 Å². The fraction of sp³-hybridized carbons (Fsp3) is 0.292. The molecule has 1 fully saturated rings. The van der Waals surface area contributed by atoms with Crippen molar-refractivity contribution in [1.82, 2.24) is 0 Å². The molecule has 1 saturated heterocycles. The molecule has 2 heterocycles. The van der Waals surface area contributed by atoms with Gasteiger partial charge in [0.2, 0.25) is 6.29 Å². The first-order valence-electron chi connectivity index (χ1n) is 10.4. The predicted molar refractivity (Wildman–Crippen MR) is 115 cm³/mol. The van der Waals surface area contributed by atoms with E-state index in [1.807, 2.05) is 30.3 Å². The van der Waals surface area contributed by atoms with Crippen molar-refractivity contribution in [2.45, 2.75) is 37.3 Å². The highest BCUT2D eigenvalue weighted by Gasteiger charge is 2.45. The number of hydrogen-bond donors (Lipinski definition) is 5. The van der Waals surface area contributed by atoms with Gasteiger partial charge in [-0.3, -0.25) is 0 Å². The quantitative estimate of drug-likeness (QED) is 0.365. The summed E-state index contributed by atoms with van der Waals surface area (Å²) >= 11 is 0. The molecule has 3 aromatic carbocycles. The van der Waals surface area contributed by atoms with Crippen molar-refractivity contribution in [3.05, 3.63) is 59.7 Å². The Balaban J connectivity index is 1.71. The molecule has 3 aromatic rings. The van der Waals surface area contributed by atoms with Gasteiger partial charge in [0.15, 0.2) is 11.5 Å². The average molecular weight is 454 g/mol. The van der Waals surface area contributed by atoms with Crippen LogP contribution in [0.25, 0.3) is 21.9 Å². The Morgan fingerprint density at radius 2 is 1.67 bits per heavy atom. The maximum Gasteiger partial charge on any atom is 0.339 e. The third-order valence-corrected chi connectivity index (χ3v) is 6.04. The summed E-state index contributed by atoms with van der Waals surface area (Å²) in [5, 5.41) is 51.9. The molecule has 5 rings (SSSR count). The maximum atomic E-state index is 12.4. The van der Waals surface area contributed by atoms with Crippen molar-refractivity contribution in [2.75, 3.05) is 6.61 Å². The van der Waals surface area contributed by atoms with Crippen LogP contribution in [0.2, 0.25) is 0 Å². The lowest BCUT2D eigenvalue weighted by Gasteiger charge is -2.39. The van der Waals surface area contributed by atoms with Crippen LogP contribution in [-0.4, -0.2) is 68.8 Å². The zero-order valence-electron chi connectivity index (χ0n) is 17.3. The summed E-state index contributed by atoms with van der Waals surface area (Å²) in [7, 11) is 0. The molecule has 2 aliphatic heterocycles. The van der Waals surface area contributed by atoms with Gasteiger partial charge in [-0.15, -0.1) is 0 Å². The zero-order chi connectivity index (χ0) is 23.3. The molecule has 2 aliphatic rings. The highest BCUT2D eigenvalue weighted by atomic mass is 16.7. The average Bonchev–Trinajstić information content (AvgIpc) is 2.83. The van der Waals surface area contributed by atoms with Crippen LogP contribution in [0.15, 0.2) is 48.5 Å². The third kappa shape index (κ3) is 3.50. The van der Waals surface area contributed by atoms with E-state index in [1.54, 1.807) is 12.1 Å². The number of ether oxygens (including phenoxy) is 3. The highest BCUT2D eigenvalue weighted by molar-refractivity contribution is 6.14. The largest absolute Gasteiger partial charge is 0.504 e. The molecule has 0 aromatic heterocycles. The Kier molecular flexibility index (Phi) is 5.43. The number of carbonyl (C=O) groups excluding carboxylic acids is 1. The van der Waals surface area contributed by atoms with E-state index < -0.39 is 43.3 Å². The fourth-order valence-electron chi connectivity index (χ4n) is 4.37. The smallest absolute Gasteiger partial charge is 0.339 e. The summed E-state index contributed by atoms with van der Waals surface area (Å²) in [6, 6.07) is 14.0. The van der Waals surface area contributed by atoms with Gasteiger partial charge >= 0.3 is 5.97 Å². The molecule has 9 nitrogen and oxygen atoms in total. The van der Waals surface area contributed by atoms with Gasteiger partial charge in [-0.1, -0.05) is 36.4 Å². The van der Waals surface area contributed by atoms with Crippen molar-refractivity contribution in [3.8, 4) is 22.6 Å². The van der Waals surface area contributed by atoms with E-state index in [2.05, 4.69) is 0 Å². The molecule has 33 heavy (non-hydrogen) atoms. The molecule has 9 heteroatoms. The molecular weight excluding hydrogens is 432 g/mol. The number of aliphatic hydroxyl groups is 4. The highest BCUT2D eigenvalue weighted by Crippen LogP contribution is 2.46. The van der Waals surface area contributed by atoms with Crippen molar-refractivity contribution < 1.29 is 44.5 Å². The van der Waals surface area contributed by atoms with Crippen LogP contribution in [0, 0.1) is 0 Å². The van der Waals surface area contributed by atoms with E-state index in [9.17, 15) is 30.3 Å². The van der Waals surface area contributed by atoms with Gasteiger partial charge in [-0.2, -0.15) is 0 Å². The van der Waals surface area contributed by atoms with Crippen molar-refractivity contribution in [3.63, 3.8) is 0 Å². The first kappa shape index (κ1) is 21.6. The van der Waals surface area contributed by atoms with Crippen LogP contribution in [-0.2, 0) is 16.1 Å². The number of aliphatic hydroxyl groups excluding tert-OH is 4. The molecule has 0 saturated carbocycles. The van der Waals surface area contributed by atoms with Crippen LogP contribution < -0.4 is 4.74 Å². The molecule has 5 N–H and O–H groups in total. The minimum atomic E-state index is -1.67. The second kappa shape index (κ2) is 8.29. The summed E-state index contributed by atoms with van der Waals surface area (Å²) in [4.78, 5) is 12.4. The van der Waals surface area contributed by atoms with E-state index in [0.717, 1.165) is 5.56 Å². The third-order valence-electron chi connectivity index (χ3n) is 6.04. The zero-order valence-corrected chi connectivity index (χ0v) is 17.3. The summed E-state index contributed by atoms with van der Waals surface area (Å²) in [5.74, 6) is -0.883. The Bertz CT molecular complexity index is 1210. The van der Waals surface area contributed by atoms with Gasteiger partial charge in [0.05, 0.1) is 12.2 Å². The number of esters is 1. The van der Waals surface area contributed by atoms with Gasteiger partial charge in [0.1, 0.15) is 31.0 Å². The van der Waals surface area contributed by atoms with Gasteiger partial charge in [0, 0.05) is 16.3 Å². The van der Waals surface area contributed by atoms with Crippen molar-refractivity contribution >= 4 is 16.7 Å². The van der Waals surface area contributed by atoms with Crippen molar-refractivity contribution in [1.29, 1.82) is 0 Å². The van der Waals surface area contributed by atoms with Crippen LogP contribution in [0.5, 0.6) is 11.5 Å². The summed E-state index contributed by atoms with van der Waals surface area (Å²) in [5.41, 5.74) is 2.32. The number of carbonyl (C=O) groups is 1.